The second kappa shape index (κ2) is 4.86. The maximum atomic E-state index is 12.8. The molecule has 0 saturated heterocycles. The van der Waals surface area contributed by atoms with Gasteiger partial charge in [-0.2, -0.15) is 0 Å². The minimum Gasteiger partial charge on any atom is -0.504 e. The van der Waals surface area contributed by atoms with Gasteiger partial charge >= 0.3 is 0 Å². The van der Waals surface area contributed by atoms with Crippen molar-refractivity contribution in [2.75, 3.05) is 0 Å². The van der Waals surface area contributed by atoms with Gasteiger partial charge < -0.3 is 19.0 Å². The molecule has 2 N–H and O–H groups in total. The topological polar surface area (TPSA) is 101 Å². The van der Waals surface area contributed by atoms with E-state index in [9.17, 15) is 19.8 Å². The number of hydrogen-bond acceptors (Lipinski definition) is 6. The highest BCUT2D eigenvalue weighted by Crippen LogP contribution is 2.40. The molecule has 0 radical (unpaired) electrons. The van der Waals surface area contributed by atoms with Crippen LogP contribution in [0, 0.1) is 0 Å². The molecule has 0 fully saturated rings. The highest BCUT2D eigenvalue weighted by molar-refractivity contribution is 6.10. The lowest BCUT2D eigenvalue weighted by Crippen LogP contribution is -2.06. The molecule has 0 saturated carbocycles. The molecule has 6 nitrogen and oxygen atoms in total. The number of para-hydroxylation sites is 2. The average molecular weight is 346 g/mol. The molecule has 0 spiro atoms. The number of fused-ring (bicyclic) bond motifs is 4. The van der Waals surface area contributed by atoms with E-state index in [0.29, 0.717) is 0 Å². The first kappa shape index (κ1) is 14.5. The normalized spacial score (nSPS) is 11.7. The van der Waals surface area contributed by atoms with Gasteiger partial charge in [0.15, 0.2) is 22.7 Å². The maximum absolute atomic E-state index is 12.8. The smallest absolute Gasteiger partial charge is 0.204 e. The molecule has 0 atom stereocenters. The van der Waals surface area contributed by atoms with E-state index in [1.165, 1.54) is 0 Å². The zero-order chi connectivity index (χ0) is 18.0. The van der Waals surface area contributed by atoms with Crippen LogP contribution >= 0.6 is 0 Å². The first-order valence-electron chi connectivity index (χ1n) is 7.83. The third-order valence-corrected chi connectivity index (χ3v) is 4.50. The largest absolute Gasteiger partial charge is 0.504 e. The summed E-state index contributed by atoms with van der Waals surface area (Å²) in [6, 6.07) is 12.9. The lowest BCUT2D eigenvalue weighted by Gasteiger charge is -2.09. The fourth-order valence-electron chi connectivity index (χ4n) is 3.27. The summed E-state index contributed by atoms with van der Waals surface area (Å²) in [7, 11) is 0. The Kier molecular flexibility index (Phi) is 2.72. The van der Waals surface area contributed by atoms with Crippen molar-refractivity contribution < 1.29 is 19.0 Å². The molecule has 26 heavy (non-hydrogen) atoms. The molecule has 0 bridgehead atoms. The first-order valence-corrected chi connectivity index (χ1v) is 7.83. The van der Waals surface area contributed by atoms with E-state index >= 15 is 0 Å². The Bertz CT molecular complexity index is 1370. The third kappa shape index (κ3) is 1.70. The van der Waals surface area contributed by atoms with E-state index in [1.807, 2.05) is 0 Å². The molecule has 0 aliphatic carbocycles. The van der Waals surface area contributed by atoms with Crippen molar-refractivity contribution in [3.63, 3.8) is 0 Å². The van der Waals surface area contributed by atoms with Gasteiger partial charge in [0.2, 0.25) is 10.9 Å². The summed E-state index contributed by atoms with van der Waals surface area (Å²) in [5, 5.41) is 21.3. The molecule has 5 aromatic rings. The molecule has 5 rings (SSSR count). The summed E-state index contributed by atoms with van der Waals surface area (Å²) in [4.78, 5) is 25.6. The number of phenols is 2. The van der Waals surface area contributed by atoms with Crippen LogP contribution in [0.5, 0.6) is 11.5 Å². The fourth-order valence-corrected chi connectivity index (χ4v) is 3.27. The van der Waals surface area contributed by atoms with Crippen molar-refractivity contribution in [2.45, 2.75) is 0 Å². The van der Waals surface area contributed by atoms with Gasteiger partial charge in [0, 0.05) is 0 Å². The maximum Gasteiger partial charge on any atom is 0.204 e. The molecule has 3 aromatic carbocycles. The van der Waals surface area contributed by atoms with Gasteiger partial charge in [-0.15, -0.1) is 0 Å². The quantitative estimate of drug-likeness (QED) is 0.328. The fraction of sp³-hybridized carbons (Fsp3) is 0. The molecule has 0 amide bonds. The van der Waals surface area contributed by atoms with E-state index in [0.717, 1.165) is 0 Å². The molecule has 126 valence electrons. The van der Waals surface area contributed by atoms with Crippen LogP contribution in [0.3, 0.4) is 0 Å². The summed E-state index contributed by atoms with van der Waals surface area (Å²) in [5.74, 6) is -1.06. The van der Waals surface area contributed by atoms with Gasteiger partial charge in [0.25, 0.3) is 0 Å². The van der Waals surface area contributed by atoms with Gasteiger partial charge in [-0.25, -0.2) is 0 Å². The molecule has 6 heteroatoms. The van der Waals surface area contributed by atoms with Crippen LogP contribution in [-0.4, -0.2) is 10.2 Å². The third-order valence-electron chi connectivity index (χ3n) is 4.50. The SMILES string of the molecule is O=c1c2ccccc2oc2c(O)c3c(=O)c4ccccc4oc3c(O)c12. The van der Waals surface area contributed by atoms with Crippen LogP contribution in [0.4, 0.5) is 0 Å². The van der Waals surface area contributed by atoms with Gasteiger partial charge in [-0.1, -0.05) is 24.3 Å². The Morgan fingerprint density at radius 1 is 0.615 bits per heavy atom. The molecule has 0 aliphatic rings. The van der Waals surface area contributed by atoms with Crippen molar-refractivity contribution in [1.82, 2.24) is 0 Å². The van der Waals surface area contributed by atoms with Crippen LogP contribution in [0.25, 0.3) is 43.9 Å². The second-order valence-electron chi connectivity index (χ2n) is 5.96. The zero-order valence-electron chi connectivity index (χ0n) is 13.1. The minimum atomic E-state index is -0.532. The molecule has 2 aromatic heterocycles. The summed E-state index contributed by atoms with van der Waals surface area (Å²) in [5.41, 5.74) is -1.06. The Labute approximate surface area is 144 Å². The van der Waals surface area contributed by atoms with E-state index < -0.39 is 22.4 Å². The van der Waals surface area contributed by atoms with Crippen LogP contribution in [0.15, 0.2) is 67.0 Å². The van der Waals surface area contributed by atoms with Crippen molar-refractivity contribution in [1.29, 1.82) is 0 Å². The number of hydrogen-bond donors (Lipinski definition) is 2. The van der Waals surface area contributed by atoms with E-state index in [1.54, 1.807) is 48.5 Å². The Morgan fingerprint density at radius 3 is 1.42 bits per heavy atom. The van der Waals surface area contributed by atoms with E-state index in [4.69, 9.17) is 8.83 Å². The highest BCUT2D eigenvalue weighted by atomic mass is 16.4. The molecular formula is C20H10O6. The first-order chi connectivity index (χ1) is 12.6. The Balaban J connectivity index is 2.16. The van der Waals surface area contributed by atoms with E-state index in [2.05, 4.69) is 0 Å². The Morgan fingerprint density at radius 2 is 1.00 bits per heavy atom. The summed E-state index contributed by atoms with van der Waals surface area (Å²) < 4.78 is 11.2. The van der Waals surface area contributed by atoms with Gasteiger partial charge in [0.1, 0.15) is 21.9 Å². The standard InChI is InChI=1S/C20H10O6/c21-15-9-5-1-3-7-11(9)25-19-13(15)17(23)20-14(18(19)24)16(22)10-6-2-4-8-12(10)26-20/h1-8,23-24H. The lowest BCUT2D eigenvalue weighted by molar-refractivity contribution is 0.458. The van der Waals surface area contributed by atoms with E-state index in [-0.39, 0.29) is 43.9 Å². The van der Waals surface area contributed by atoms with Crippen molar-refractivity contribution in [3.05, 3.63) is 69.0 Å². The Hall–Kier alpha value is -3.80. The number of aromatic hydroxyl groups is 2. The number of benzene rings is 3. The second-order valence-corrected chi connectivity index (χ2v) is 5.96. The van der Waals surface area contributed by atoms with Crippen LogP contribution in [0.1, 0.15) is 0 Å². The lowest BCUT2D eigenvalue weighted by atomic mass is 10.1. The number of rotatable bonds is 0. The molecular weight excluding hydrogens is 336 g/mol. The average Bonchev–Trinajstić information content (AvgIpc) is 2.66. The van der Waals surface area contributed by atoms with Crippen molar-refractivity contribution in [3.8, 4) is 11.5 Å². The van der Waals surface area contributed by atoms with Crippen LogP contribution in [-0.2, 0) is 0 Å². The summed E-state index contributed by atoms with van der Waals surface area (Å²) >= 11 is 0. The molecule has 0 unspecified atom stereocenters. The minimum absolute atomic E-state index is 0.230. The predicted molar refractivity (Wildman–Crippen MR) is 96.9 cm³/mol. The predicted octanol–water partition coefficient (Wildman–Crippen LogP) is 3.62. The van der Waals surface area contributed by atoms with Gasteiger partial charge in [-0.3, -0.25) is 9.59 Å². The zero-order valence-corrected chi connectivity index (χ0v) is 13.1. The van der Waals surface area contributed by atoms with Crippen LogP contribution < -0.4 is 10.9 Å². The van der Waals surface area contributed by atoms with Crippen molar-refractivity contribution in [2.24, 2.45) is 0 Å². The van der Waals surface area contributed by atoms with Crippen LogP contribution in [0.2, 0.25) is 0 Å². The van der Waals surface area contributed by atoms with Gasteiger partial charge in [-0.05, 0) is 24.3 Å². The van der Waals surface area contributed by atoms with Gasteiger partial charge in [0.05, 0.1) is 10.8 Å². The summed E-state index contributed by atoms with van der Waals surface area (Å²) in [6.45, 7) is 0. The summed E-state index contributed by atoms with van der Waals surface area (Å²) in [6.07, 6.45) is 0. The molecule has 0 aliphatic heterocycles. The number of phenolic OH excluding ortho intramolecular Hbond substituents is 2. The van der Waals surface area contributed by atoms with Crippen molar-refractivity contribution >= 4 is 43.9 Å². The monoisotopic (exact) mass is 346 g/mol. The molecule has 2 heterocycles. The highest BCUT2D eigenvalue weighted by Gasteiger charge is 2.24.